The van der Waals surface area contributed by atoms with Crippen molar-refractivity contribution in [1.82, 2.24) is 5.32 Å². The first kappa shape index (κ1) is 13.3. The summed E-state index contributed by atoms with van der Waals surface area (Å²) in [6.45, 7) is 9.51. The van der Waals surface area contributed by atoms with E-state index in [0.717, 1.165) is 18.4 Å². The maximum absolute atomic E-state index is 5.85. The van der Waals surface area contributed by atoms with E-state index in [1.54, 1.807) is 0 Å². The fraction of sp³-hybridized carbons (Fsp3) is 0.923. The van der Waals surface area contributed by atoms with E-state index in [1.807, 2.05) is 0 Å². The Kier molecular flexibility index (Phi) is 4.63. The molecular weight excluding hydrogens is 198 g/mol. The van der Waals surface area contributed by atoms with Crippen LogP contribution in [0.15, 0.2) is 4.99 Å². The van der Waals surface area contributed by atoms with E-state index in [1.165, 1.54) is 25.7 Å². The highest BCUT2D eigenvalue weighted by atomic mass is 15.1. The van der Waals surface area contributed by atoms with Gasteiger partial charge in [-0.25, -0.2) is 0 Å². The van der Waals surface area contributed by atoms with Crippen molar-refractivity contribution >= 4 is 5.96 Å². The van der Waals surface area contributed by atoms with E-state index in [-0.39, 0.29) is 5.54 Å². The van der Waals surface area contributed by atoms with Crippen LogP contribution in [0.3, 0.4) is 0 Å². The normalized spacial score (nSPS) is 27.9. The zero-order valence-corrected chi connectivity index (χ0v) is 11.2. The van der Waals surface area contributed by atoms with Crippen molar-refractivity contribution in [2.75, 3.05) is 6.54 Å². The average Bonchev–Trinajstić information content (AvgIpc) is 2.12. The van der Waals surface area contributed by atoms with Gasteiger partial charge in [0, 0.05) is 12.1 Å². The number of nitrogens with one attached hydrogen (secondary N) is 1. The van der Waals surface area contributed by atoms with Crippen molar-refractivity contribution in [3.8, 4) is 0 Å². The largest absolute Gasteiger partial charge is 0.370 e. The molecule has 2 unspecified atom stereocenters. The molecule has 3 heteroatoms. The molecule has 0 aromatic rings. The van der Waals surface area contributed by atoms with Gasteiger partial charge in [0.25, 0.3) is 0 Å². The van der Waals surface area contributed by atoms with Crippen LogP contribution in [-0.2, 0) is 0 Å². The molecule has 0 radical (unpaired) electrons. The lowest BCUT2D eigenvalue weighted by molar-refractivity contribution is 0.289. The summed E-state index contributed by atoms with van der Waals surface area (Å²) in [7, 11) is 0. The number of hydrogen-bond acceptors (Lipinski definition) is 1. The molecule has 0 spiro atoms. The van der Waals surface area contributed by atoms with Crippen LogP contribution >= 0.6 is 0 Å². The van der Waals surface area contributed by atoms with Crippen molar-refractivity contribution in [2.45, 2.75) is 58.9 Å². The summed E-state index contributed by atoms with van der Waals surface area (Å²) in [4.78, 5) is 4.45. The van der Waals surface area contributed by atoms with Crippen molar-refractivity contribution < 1.29 is 0 Å². The van der Waals surface area contributed by atoms with Crippen LogP contribution in [0.25, 0.3) is 0 Å². The highest BCUT2D eigenvalue weighted by Crippen LogP contribution is 2.28. The van der Waals surface area contributed by atoms with Crippen LogP contribution in [0, 0.1) is 11.8 Å². The van der Waals surface area contributed by atoms with Gasteiger partial charge < -0.3 is 11.1 Å². The van der Waals surface area contributed by atoms with Gasteiger partial charge in [-0.3, -0.25) is 4.99 Å². The van der Waals surface area contributed by atoms with Gasteiger partial charge in [-0.05, 0) is 45.4 Å². The Morgan fingerprint density at radius 2 is 2.06 bits per heavy atom. The molecule has 1 aliphatic carbocycles. The molecule has 1 aliphatic rings. The number of rotatable bonds is 2. The van der Waals surface area contributed by atoms with Gasteiger partial charge in [0.15, 0.2) is 5.96 Å². The Morgan fingerprint density at radius 1 is 1.38 bits per heavy atom. The van der Waals surface area contributed by atoms with Gasteiger partial charge in [-0.1, -0.05) is 19.8 Å². The van der Waals surface area contributed by atoms with Gasteiger partial charge in [-0.15, -0.1) is 0 Å². The predicted octanol–water partition coefficient (Wildman–Crippen LogP) is 2.52. The topological polar surface area (TPSA) is 50.4 Å². The molecule has 2 atom stereocenters. The highest BCUT2D eigenvalue weighted by Gasteiger charge is 2.18. The Morgan fingerprint density at radius 3 is 2.62 bits per heavy atom. The summed E-state index contributed by atoms with van der Waals surface area (Å²) in [6, 6.07) is 0. The lowest BCUT2D eigenvalue weighted by Gasteiger charge is -2.26. The lowest BCUT2D eigenvalue weighted by atomic mass is 9.82. The van der Waals surface area contributed by atoms with E-state index in [0.29, 0.717) is 5.96 Å². The van der Waals surface area contributed by atoms with Crippen LogP contribution < -0.4 is 11.1 Å². The summed E-state index contributed by atoms with van der Waals surface area (Å²) in [5.74, 6) is 2.19. The molecule has 3 nitrogen and oxygen atoms in total. The van der Waals surface area contributed by atoms with Crippen LogP contribution in [0.2, 0.25) is 0 Å². The summed E-state index contributed by atoms with van der Waals surface area (Å²) < 4.78 is 0. The van der Waals surface area contributed by atoms with Gasteiger partial charge in [0.05, 0.1) is 0 Å². The van der Waals surface area contributed by atoms with Crippen molar-refractivity contribution in [3.63, 3.8) is 0 Å². The summed E-state index contributed by atoms with van der Waals surface area (Å²) in [5.41, 5.74) is 5.86. The molecule has 16 heavy (non-hydrogen) atoms. The SMILES string of the molecule is CC1CCCC(CN=C(N)NC(C)(C)C)C1. The molecule has 94 valence electrons. The third-order valence-corrected chi connectivity index (χ3v) is 3.07. The maximum Gasteiger partial charge on any atom is 0.188 e. The Balaban J connectivity index is 2.34. The van der Waals surface area contributed by atoms with Gasteiger partial charge in [-0.2, -0.15) is 0 Å². The molecule has 0 heterocycles. The Labute approximate surface area is 99.9 Å². The van der Waals surface area contributed by atoms with Gasteiger partial charge in [0.1, 0.15) is 0 Å². The van der Waals surface area contributed by atoms with Crippen LogP contribution in [0.4, 0.5) is 0 Å². The number of aliphatic imine (C=N–C) groups is 1. The zero-order chi connectivity index (χ0) is 12.2. The molecule has 0 bridgehead atoms. The maximum atomic E-state index is 5.85. The minimum atomic E-state index is 0.00738. The fourth-order valence-electron chi connectivity index (χ4n) is 2.38. The molecule has 0 aromatic heterocycles. The third-order valence-electron chi connectivity index (χ3n) is 3.07. The molecule has 0 aromatic carbocycles. The summed E-state index contributed by atoms with van der Waals surface area (Å²) in [5, 5.41) is 3.20. The molecule has 0 amide bonds. The molecule has 0 aliphatic heterocycles. The van der Waals surface area contributed by atoms with Crippen molar-refractivity contribution in [1.29, 1.82) is 0 Å². The quantitative estimate of drug-likeness (QED) is 0.560. The average molecular weight is 225 g/mol. The minimum absolute atomic E-state index is 0.00738. The van der Waals surface area contributed by atoms with E-state index in [9.17, 15) is 0 Å². The number of guanidine groups is 1. The first-order valence-electron chi connectivity index (χ1n) is 6.45. The Bertz CT molecular complexity index is 240. The fourth-order valence-corrected chi connectivity index (χ4v) is 2.38. The van der Waals surface area contributed by atoms with Gasteiger partial charge >= 0.3 is 0 Å². The van der Waals surface area contributed by atoms with Crippen LogP contribution in [0.1, 0.15) is 53.4 Å². The molecule has 1 rings (SSSR count). The van der Waals surface area contributed by atoms with E-state index in [4.69, 9.17) is 5.73 Å². The minimum Gasteiger partial charge on any atom is -0.370 e. The Hall–Kier alpha value is -0.730. The molecule has 0 saturated heterocycles. The van der Waals surface area contributed by atoms with E-state index < -0.39 is 0 Å². The highest BCUT2D eigenvalue weighted by molar-refractivity contribution is 5.78. The number of nitrogens with zero attached hydrogens (tertiary/aromatic N) is 1. The predicted molar refractivity (Wildman–Crippen MR) is 70.5 cm³/mol. The van der Waals surface area contributed by atoms with Crippen molar-refractivity contribution in [3.05, 3.63) is 0 Å². The second-order valence-electron chi connectivity index (χ2n) is 6.24. The smallest absolute Gasteiger partial charge is 0.188 e. The van der Waals surface area contributed by atoms with Gasteiger partial charge in [0.2, 0.25) is 0 Å². The lowest BCUT2D eigenvalue weighted by Crippen LogP contribution is -2.45. The second kappa shape index (κ2) is 5.55. The third kappa shape index (κ3) is 5.38. The van der Waals surface area contributed by atoms with E-state index in [2.05, 4.69) is 38.0 Å². The first-order chi connectivity index (χ1) is 7.37. The van der Waals surface area contributed by atoms with Crippen molar-refractivity contribution in [2.24, 2.45) is 22.6 Å². The molecule has 1 fully saturated rings. The second-order valence-corrected chi connectivity index (χ2v) is 6.24. The zero-order valence-electron chi connectivity index (χ0n) is 11.2. The number of nitrogens with two attached hydrogens (primary N) is 1. The van der Waals surface area contributed by atoms with E-state index >= 15 is 0 Å². The molecule has 3 N–H and O–H groups in total. The first-order valence-corrected chi connectivity index (χ1v) is 6.45. The standard InChI is InChI=1S/C13H27N3/c1-10-6-5-7-11(8-10)9-15-12(14)16-13(2,3)4/h10-11H,5-9H2,1-4H3,(H3,14,15,16). The number of hydrogen-bond donors (Lipinski definition) is 2. The monoisotopic (exact) mass is 225 g/mol. The van der Waals surface area contributed by atoms with Crippen LogP contribution in [0.5, 0.6) is 0 Å². The summed E-state index contributed by atoms with van der Waals surface area (Å²) in [6.07, 6.45) is 5.37. The molecular formula is C13H27N3. The molecule has 1 saturated carbocycles. The summed E-state index contributed by atoms with van der Waals surface area (Å²) >= 11 is 0. The van der Waals surface area contributed by atoms with Crippen LogP contribution in [-0.4, -0.2) is 18.0 Å².